The van der Waals surface area contributed by atoms with Crippen molar-refractivity contribution in [1.82, 2.24) is 24.2 Å². The second-order valence-corrected chi connectivity index (χ2v) is 6.03. The summed E-state index contributed by atoms with van der Waals surface area (Å²) in [4.78, 5) is 18.2. The molecule has 0 bridgehead atoms. The van der Waals surface area contributed by atoms with Gasteiger partial charge in [-0.15, -0.1) is 0 Å². The van der Waals surface area contributed by atoms with Crippen molar-refractivity contribution in [1.29, 1.82) is 0 Å². The molecule has 0 atom stereocenters. The van der Waals surface area contributed by atoms with Crippen LogP contribution in [0.1, 0.15) is 11.7 Å². The van der Waals surface area contributed by atoms with E-state index < -0.39 is 0 Å². The molecule has 2 aromatic heterocycles. The highest BCUT2D eigenvalue weighted by Gasteiger charge is 2.28. The van der Waals surface area contributed by atoms with Crippen LogP contribution < -0.4 is 5.56 Å². The lowest BCUT2D eigenvalue weighted by atomic mass is 10.1. The largest absolute Gasteiger partial charge is 0.298 e. The quantitative estimate of drug-likeness (QED) is 0.837. The van der Waals surface area contributed by atoms with Gasteiger partial charge in [-0.2, -0.15) is 5.10 Å². The molecule has 0 saturated carbocycles. The Morgan fingerprint density at radius 2 is 2.20 bits per heavy atom. The zero-order valence-corrected chi connectivity index (χ0v) is 12.8. The minimum atomic E-state index is 0.0191. The summed E-state index contributed by atoms with van der Waals surface area (Å²) in [5.74, 6) is 0. The van der Waals surface area contributed by atoms with E-state index in [4.69, 9.17) is 0 Å². The standard InChI is InChI=1S/C13H16BrN5O/c1-10-4-13(20)18(9-15-10)3-2-17-7-12(8-17)19-6-11(14)5-16-19/h4-6,9,12H,2-3,7-8H2,1H3. The average molecular weight is 338 g/mol. The summed E-state index contributed by atoms with van der Waals surface area (Å²) in [5.41, 5.74) is 0.783. The van der Waals surface area contributed by atoms with Crippen molar-refractivity contribution in [2.24, 2.45) is 0 Å². The van der Waals surface area contributed by atoms with Crippen molar-refractivity contribution in [3.63, 3.8) is 0 Å². The maximum Gasteiger partial charge on any atom is 0.253 e. The second-order valence-electron chi connectivity index (χ2n) is 5.11. The van der Waals surface area contributed by atoms with Crippen molar-refractivity contribution in [2.75, 3.05) is 19.6 Å². The van der Waals surface area contributed by atoms with E-state index in [-0.39, 0.29) is 5.56 Å². The summed E-state index contributed by atoms with van der Waals surface area (Å²) in [5, 5.41) is 4.29. The van der Waals surface area contributed by atoms with E-state index in [9.17, 15) is 4.79 Å². The van der Waals surface area contributed by atoms with Gasteiger partial charge in [0.1, 0.15) is 0 Å². The molecule has 0 aliphatic carbocycles. The number of nitrogens with zero attached hydrogens (tertiary/aromatic N) is 5. The van der Waals surface area contributed by atoms with E-state index in [2.05, 4.69) is 30.9 Å². The average Bonchev–Trinajstić information content (AvgIpc) is 2.76. The Bertz CT molecular complexity index is 659. The minimum absolute atomic E-state index is 0.0191. The lowest BCUT2D eigenvalue weighted by Crippen LogP contribution is -2.49. The van der Waals surface area contributed by atoms with Crippen LogP contribution in [-0.4, -0.2) is 43.9 Å². The van der Waals surface area contributed by atoms with Gasteiger partial charge in [0.15, 0.2) is 0 Å². The zero-order valence-electron chi connectivity index (χ0n) is 11.2. The normalized spacial score (nSPS) is 16.3. The fourth-order valence-corrected chi connectivity index (χ4v) is 2.64. The summed E-state index contributed by atoms with van der Waals surface area (Å²) in [6.07, 6.45) is 5.43. The highest BCUT2D eigenvalue weighted by molar-refractivity contribution is 9.10. The first-order valence-electron chi connectivity index (χ1n) is 6.57. The summed E-state index contributed by atoms with van der Waals surface area (Å²) in [6, 6.07) is 2.01. The van der Waals surface area contributed by atoms with Crippen molar-refractivity contribution >= 4 is 15.9 Å². The monoisotopic (exact) mass is 337 g/mol. The first-order valence-corrected chi connectivity index (χ1v) is 7.36. The molecule has 0 spiro atoms. The molecule has 0 radical (unpaired) electrons. The van der Waals surface area contributed by atoms with Crippen molar-refractivity contribution in [2.45, 2.75) is 19.5 Å². The summed E-state index contributed by atoms with van der Waals surface area (Å²) < 4.78 is 4.65. The van der Waals surface area contributed by atoms with E-state index in [1.807, 2.05) is 17.8 Å². The third-order valence-electron chi connectivity index (χ3n) is 3.56. The first kappa shape index (κ1) is 13.5. The number of aryl methyl sites for hydroxylation is 1. The lowest BCUT2D eigenvalue weighted by Gasteiger charge is -2.39. The molecule has 1 fully saturated rings. The summed E-state index contributed by atoms with van der Waals surface area (Å²) in [6.45, 7) is 5.32. The third kappa shape index (κ3) is 2.83. The van der Waals surface area contributed by atoms with Crippen molar-refractivity contribution < 1.29 is 0 Å². The Morgan fingerprint density at radius 3 is 2.85 bits per heavy atom. The van der Waals surface area contributed by atoms with E-state index in [0.717, 1.165) is 29.8 Å². The van der Waals surface area contributed by atoms with Gasteiger partial charge in [-0.3, -0.25) is 18.9 Å². The third-order valence-corrected chi connectivity index (χ3v) is 3.96. The molecule has 0 N–H and O–H groups in total. The summed E-state index contributed by atoms with van der Waals surface area (Å²) >= 11 is 3.40. The van der Waals surface area contributed by atoms with Crippen LogP contribution >= 0.6 is 15.9 Å². The highest BCUT2D eigenvalue weighted by atomic mass is 79.9. The van der Waals surface area contributed by atoms with Gasteiger partial charge < -0.3 is 0 Å². The molecule has 0 aromatic carbocycles. The van der Waals surface area contributed by atoms with E-state index in [0.29, 0.717) is 12.6 Å². The zero-order chi connectivity index (χ0) is 14.1. The van der Waals surface area contributed by atoms with E-state index in [1.54, 1.807) is 23.2 Å². The maximum atomic E-state index is 11.7. The molecule has 7 heteroatoms. The van der Waals surface area contributed by atoms with Gasteiger partial charge in [0.2, 0.25) is 0 Å². The van der Waals surface area contributed by atoms with Crippen LogP contribution in [0.2, 0.25) is 0 Å². The van der Waals surface area contributed by atoms with Gasteiger partial charge in [-0.25, -0.2) is 4.98 Å². The minimum Gasteiger partial charge on any atom is -0.298 e. The summed E-state index contributed by atoms with van der Waals surface area (Å²) in [7, 11) is 0. The van der Waals surface area contributed by atoms with Crippen LogP contribution in [0.25, 0.3) is 0 Å². The van der Waals surface area contributed by atoms with Gasteiger partial charge in [0.25, 0.3) is 5.56 Å². The molecule has 20 heavy (non-hydrogen) atoms. The molecule has 1 aliphatic heterocycles. The molecule has 1 aliphatic rings. The van der Waals surface area contributed by atoms with Crippen LogP contribution in [0, 0.1) is 6.92 Å². The van der Waals surface area contributed by atoms with E-state index >= 15 is 0 Å². The van der Waals surface area contributed by atoms with Crippen LogP contribution in [0.4, 0.5) is 0 Å². The van der Waals surface area contributed by atoms with Gasteiger partial charge in [0.05, 0.1) is 23.0 Å². The molecule has 2 aromatic rings. The first-order chi connectivity index (χ1) is 9.61. The Morgan fingerprint density at radius 1 is 1.40 bits per heavy atom. The SMILES string of the molecule is Cc1cc(=O)n(CCN2CC(n3cc(Br)cn3)C2)cn1. The second kappa shape index (κ2) is 5.49. The Kier molecular flexibility index (Phi) is 3.71. The topological polar surface area (TPSA) is 56.0 Å². The number of hydrogen-bond acceptors (Lipinski definition) is 4. The predicted octanol–water partition coefficient (Wildman–Crippen LogP) is 1.07. The van der Waals surface area contributed by atoms with Crippen LogP contribution in [0.15, 0.2) is 34.1 Å². The van der Waals surface area contributed by atoms with Crippen molar-refractivity contribution in [3.8, 4) is 0 Å². The highest BCUT2D eigenvalue weighted by Crippen LogP contribution is 2.21. The van der Waals surface area contributed by atoms with Gasteiger partial charge in [-0.05, 0) is 22.9 Å². The Labute approximate surface area is 125 Å². The Hall–Kier alpha value is -1.47. The smallest absolute Gasteiger partial charge is 0.253 e. The molecule has 3 heterocycles. The molecule has 106 valence electrons. The maximum absolute atomic E-state index is 11.7. The van der Waals surface area contributed by atoms with Crippen LogP contribution in [0.3, 0.4) is 0 Å². The molecule has 1 saturated heterocycles. The number of aromatic nitrogens is 4. The van der Waals surface area contributed by atoms with Crippen molar-refractivity contribution in [3.05, 3.63) is 45.3 Å². The fraction of sp³-hybridized carbons (Fsp3) is 0.462. The number of hydrogen-bond donors (Lipinski definition) is 0. The van der Waals surface area contributed by atoms with Crippen LogP contribution in [-0.2, 0) is 6.54 Å². The lowest BCUT2D eigenvalue weighted by molar-refractivity contribution is 0.0941. The number of rotatable bonds is 4. The number of halogens is 1. The Balaban J connectivity index is 1.51. The van der Waals surface area contributed by atoms with Gasteiger partial charge >= 0.3 is 0 Å². The molecule has 0 unspecified atom stereocenters. The predicted molar refractivity (Wildman–Crippen MR) is 78.6 cm³/mol. The molecular weight excluding hydrogens is 322 g/mol. The molecular formula is C13H16BrN5O. The van der Waals surface area contributed by atoms with E-state index in [1.165, 1.54) is 0 Å². The van der Waals surface area contributed by atoms with Gasteiger partial charge in [-0.1, -0.05) is 0 Å². The molecule has 3 rings (SSSR count). The van der Waals surface area contributed by atoms with Crippen LogP contribution in [0.5, 0.6) is 0 Å². The fourth-order valence-electron chi connectivity index (χ4n) is 2.34. The number of likely N-dealkylation sites (tertiary alicyclic amines) is 1. The molecule has 0 amide bonds. The molecule has 6 nitrogen and oxygen atoms in total. The van der Waals surface area contributed by atoms with Gasteiger partial charge in [0, 0.05) is 44.1 Å².